The summed E-state index contributed by atoms with van der Waals surface area (Å²) < 4.78 is 5.14. The van der Waals surface area contributed by atoms with Gasteiger partial charge in [-0.3, -0.25) is 9.59 Å². The lowest BCUT2D eigenvalue weighted by molar-refractivity contribution is -0.133. The van der Waals surface area contributed by atoms with Gasteiger partial charge in [0.15, 0.2) is 5.13 Å². The molecule has 2 amide bonds. The van der Waals surface area contributed by atoms with Gasteiger partial charge in [-0.2, -0.15) is 0 Å². The van der Waals surface area contributed by atoms with E-state index in [1.807, 2.05) is 29.2 Å². The van der Waals surface area contributed by atoms with Gasteiger partial charge in [-0.25, -0.2) is 4.98 Å². The third-order valence-corrected chi connectivity index (χ3v) is 5.71. The van der Waals surface area contributed by atoms with Crippen molar-refractivity contribution in [2.24, 2.45) is 0 Å². The number of nitrogens with one attached hydrogen (secondary N) is 1. The summed E-state index contributed by atoms with van der Waals surface area (Å²) in [5.41, 5.74) is 1.19. The highest BCUT2D eigenvalue weighted by molar-refractivity contribution is 7.14. The van der Waals surface area contributed by atoms with Gasteiger partial charge < -0.3 is 24.8 Å². The molecular formula is C20H27N5O3S. The number of carbonyl (C=O) groups excluding carboxylic acids is 2. The van der Waals surface area contributed by atoms with Crippen molar-refractivity contribution in [1.29, 1.82) is 0 Å². The van der Waals surface area contributed by atoms with Crippen molar-refractivity contribution in [2.75, 3.05) is 58.7 Å². The summed E-state index contributed by atoms with van der Waals surface area (Å²) in [6.07, 6.45) is 0. The van der Waals surface area contributed by atoms with E-state index in [2.05, 4.69) is 22.1 Å². The number of anilines is 2. The van der Waals surface area contributed by atoms with E-state index in [1.165, 1.54) is 16.2 Å². The van der Waals surface area contributed by atoms with Crippen molar-refractivity contribution in [1.82, 2.24) is 19.7 Å². The molecule has 0 aliphatic carbocycles. The number of likely N-dealkylation sites (N-methyl/N-ethyl adjacent to an activating group) is 2. The molecule has 1 saturated heterocycles. The predicted molar refractivity (Wildman–Crippen MR) is 114 cm³/mol. The van der Waals surface area contributed by atoms with Gasteiger partial charge in [0, 0.05) is 44.3 Å². The number of hydrogen-bond donors (Lipinski definition) is 1. The molecule has 1 aromatic carbocycles. The average Bonchev–Trinajstić information content (AvgIpc) is 3.22. The third kappa shape index (κ3) is 5.45. The van der Waals surface area contributed by atoms with Crippen molar-refractivity contribution in [2.45, 2.75) is 6.92 Å². The smallest absolute Gasteiger partial charge is 0.273 e. The Balaban J connectivity index is 1.53. The van der Waals surface area contributed by atoms with E-state index in [0.29, 0.717) is 23.9 Å². The van der Waals surface area contributed by atoms with Gasteiger partial charge in [-0.05, 0) is 30.8 Å². The van der Waals surface area contributed by atoms with Gasteiger partial charge in [-0.1, -0.05) is 6.92 Å². The van der Waals surface area contributed by atoms with Gasteiger partial charge in [0.1, 0.15) is 11.4 Å². The largest absolute Gasteiger partial charge is 0.497 e. The molecule has 0 spiro atoms. The van der Waals surface area contributed by atoms with E-state index in [-0.39, 0.29) is 18.4 Å². The Kier molecular flexibility index (Phi) is 7.05. The van der Waals surface area contributed by atoms with E-state index < -0.39 is 0 Å². The number of carbonyl (C=O) groups is 2. The van der Waals surface area contributed by atoms with Crippen LogP contribution in [0, 0.1) is 0 Å². The molecule has 1 aliphatic rings. The minimum Gasteiger partial charge on any atom is -0.497 e. The lowest BCUT2D eigenvalue weighted by Gasteiger charge is -2.34. The van der Waals surface area contributed by atoms with Gasteiger partial charge in [-0.15, -0.1) is 11.3 Å². The zero-order valence-corrected chi connectivity index (χ0v) is 17.9. The number of hydrogen-bond acceptors (Lipinski definition) is 7. The SMILES string of the molecule is CCN1CCN(C(=O)CN(C)C(=O)c2csc(Nc3ccc(OC)cc3)n2)CC1. The molecule has 2 aromatic rings. The molecular weight excluding hydrogens is 390 g/mol. The van der Waals surface area contributed by atoms with Gasteiger partial charge >= 0.3 is 0 Å². The van der Waals surface area contributed by atoms with Crippen molar-refractivity contribution in [3.05, 3.63) is 35.3 Å². The van der Waals surface area contributed by atoms with Crippen LogP contribution >= 0.6 is 11.3 Å². The molecule has 0 atom stereocenters. The number of rotatable bonds is 7. The van der Waals surface area contributed by atoms with E-state index in [9.17, 15) is 9.59 Å². The maximum absolute atomic E-state index is 12.7. The number of amides is 2. The third-order valence-electron chi connectivity index (χ3n) is 4.96. The van der Waals surface area contributed by atoms with Crippen LogP contribution in [0.3, 0.4) is 0 Å². The van der Waals surface area contributed by atoms with Crippen LogP contribution in [0.1, 0.15) is 17.4 Å². The second-order valence-electron chi connectivity index (χ2n) is 6.87. The first-order valence-corrected chi connectivity index (χ1v) is 10.5. The monoisotopic (exact) mass is 417 g/mol. The maximum Gasteiger partial charge on any atom is 0.273 e. The predicted octanol–water partition coefficient (Wildman–Crippen LogP) is 2.13. The van der Waals surface area contributed by atoms with Crippen molar-refractivity contribution in [3.8, 4) is 5.75 Å². The Morgan fingerprint density at radius 1 is 1.21 bits per heavy atom. The Bertz CT molecular complexity index is 831. The number of aromatic nitrogens is 1. The van der Waals surface area contributed by atoms with E-state index >= 15 is 0 Å². The molecule has 0 radical (unpaired) electrons. The lowest BCUT2D eigenvalue weighted by atomic mass is 10.3. The van der Waals surface area contributed by atoms with Crippen LogP contribution in [0.4, 0.5) is 10.8 Å². The molecule has 3 rings (SSSR count). The highest BCUT2D eigenvalue weighted by Crippen LogP contribution is 2.23. The van der Waals surface area contributed by atoms with E-state index in [1.54, 1.807) is 19.5 Å². The first-order chi connectivity index (χ1) is 14.0. The van der Waals surface area contributed by atoms with E-state index in [4.69, 9.17) is 4.74 Å². The number of nitrogens with zero attached hydrogens (tertiary/aromatic N) is 4. The topological polar surface area (TPSA) is 78.0 Å². The number of piperazine rings is 1. The average molecular weight is 418 g/mol. The van der Waals surface area contributed by atoms with Crippen LogP contribution in [0.5, 0.6) is 5.75 Å². The van der Waals surface area contributed by atoms with Crippen molar-refractivity contribution >= 4 is 34.0 Å². The Labute approximate surface area is 175 Å². The second-order valence-corrected chi connectivity index (χ2v) is 7.73. The van der Waals surface area contributed by atoms with Crippen LogP contribution in [0.15, 0.2) is 29.6 Å². The van der Waals surface area contributed by atoms with Crippen LogP contribution in [0.2, 0.25) is 0 Å². The molecule has 29 heavy (non-hydrogen) atoms. The molecule has 8 nitrogen and oxygen atoms in total. The van der Waals surface area contributed by atoms with Crippen LogP contribution < -0.4 is 10.1 Å². The molecule has 2 heterocycles. The zero-order valence-electron chi connectivity index (χ0n) is 17.1. The Morgan fingerprint density at radius 3 is 2.52 bits per heavy atom. The van der Waals surface area contributed by atoms with E-state index in [0.717, 1.165) is 31.1 Å². The quantitative estimate of drug-likeness (QED) is 0.744. The minimum absolute atomic E-state index is 0.0246. The molecule has 156 valence electrons. The summed E-state index contributed by atoms with van der Waals surface area (Å²) in [7, 11) is 3.26. The van der Waals surface area contributed by atoms with Gasteiger partial charge in [0.05, 0.1) is 13.7 Å². The minimum atomic E-state index is -0.260. The standard InChI is InChI=1S/C20H27N5O3S/c1-4-24-9-11-25(12-10-24)18(26)13-23(2)19(27)17-14-29-20(22-17)21-15-5-7-16(28-3)8-6-15/h5-8,14H,4,9-13H2,1-3H3,(H,21,22). The molecule has 1 fully saturated rings. The Hall–Kier alpha value is -2.65. The Morgan fingerprint density at radius 2 is 1.90 bits per heavy atom. The molecule has 1 N–H and O–H groups in total. The molecule has 0 saturated carbocycles. The fraction of sp³-hybridized carbons (Fsp3) is 0.450. The summed E-state index contributed by atoms with van der Waals surface area (Å²) >= 11 is 1.35. The first-order valence-electron chi connectivity index (χ1n) is 9.62. The second kappa shape index (κ2) is 9.71. The fourth-order valence-corrected chi connectivity index (χ4v) is 3.82. The fourth-order valence-electron chi connectivity index (χ4n) is 3.11. The highest BCUT2D eigenvalue weighted by atomic mass is 32.1. The molecule has 1 aliphatic heterocycles. The molecule has 0 unspecified atom stereocenters. The van der Waals surface area contributed by atoms with Crippen LogP contribution in [-0.4, -0.2) is 84.9 Å². The normalized spacial score (nSPS) is 14.5. The number of thiazole rings is 1. The van der Waals surface area contributed by atoms with Gasteiger partial charge in [0.25, 0.3) is 5.91 Å². The number of ether oxygens (including phenoxy) is 1. The summed E-state index contributed by atoms with van der Waals surface area (Å²) in [6, 6.07) is 7.46. The zero-order chi connectivity index (χ0) is 20.8. The first kappa shape index (κ1) is 21.1. The van der Waals surface area contributed by atoms with Gasteiger partial charge in [0.2, 0.25) is 5.91 Å². The van der Waals surface area contributed by atoms with Crippen molar-refractivity contribution < 1.29 is 14.3 Å². The summed E-state index contributed by atoms with van der Waals surface area (Å²) in [5.74, 6) is 0.487. The molecule has 1 aromatic heterocycles. The summed E-state index contributed by atoms with van der Waals surface area (Å²) in [4.78, 5) is 35.1. The number of methoxy groups -OCH3 is 1. The maximum atomic E-state index is 12.7. The van der Waals surface area contributed by atoms with Crippen molar-refractivity contribution in [3.63, 3.8) is 0 Å². The lowest BCUT2D eigenvalue weighted by Crippen LogP contribution is -2.51. The number of benzene rings is 1. The van der Waals surface area contributed by atoms with Crippen LogP contribution in [0.25, 0.3) is 0 Å². The molecule has 9 heteroatoms. The van der Waals surface area contributed by atoms with Crippen LogP contribution in [-0.2, 0) is 4.79 Å². The highest BCUT2D eigenvalue weighted by Gasteiger charge is 2.24. The molecule has 0 bridgehead atoms. The summed E-state index contributed by atoms with van der Waals surface area (Å²) in [6.45, 7) is 6.36. The summed E-state index contributed by atoms with van der Waals surface area (Å²) in [5, 5.41) is 5.50.